The van der Waals surface area contributed by atoms with Crippen LogP contribution in [0.1, 0.15) is 22.5 Å². The molecule has 7 N–H and O–H groups in total. The van der Waals surface area contributed by atoms with E-state index in [4.69, 9.17) is 15.6 Å². The number of carboxylic acids is 1. The molecular weight excluding hydrogens is 492 g/mol. The number of carbonyl (C=O) groups excluding carboxylic acids is 1. The lowest BCUT2D eigenvalue weighted by Crippen LogP contribution is -2.41. The molecule has 0 saturated heterocycles. The van der Waals surface area contributed by atoms with E-state index in [0.29, 0.717) is 17.1 Å². The highest BCUT2D eigenvalue weighted by molar-refractivity contribution is 7.94. The molecule has 0 spiro atoms. The molecule has 0 aromatic carbocycles. The van der Waals surface area contributed by atoms with E-state index in [-0.39, 0.29) is 33.7 Å². The third kappa shape index (κ3) is 6.30. The fraction of sp³-hybridized carbons (Fsp3) is 0.222. The summed E-state index contributed by atoms with van der Waals surface area (Å²) in [4.78, 5) is 28.6. The van der Waals surface area contributed by atoms with Crippen LogP contribution < -0.4 is 21.1 Å². The van der Waals surface area contributed by atoms with E-state index in [1.807, 2.05) is 0 Å². The molecule has 0 aliphatic heterocycles. The molecule has 3 heterocycles. The van der Waals surface area contributed by atoms with E-state index >= 15 is 0 Å². The summed E-state index contributed by atoms with van der Waals surface area (Å²) in [6.07, 6.45) is 3.13. The van der Waals surface area contributed by atoms with E-state index in [1.54, 1.807) is 6.07 Å². The van der Waals surface area contributed by atoms with Crippen molar-refractivity contribution in [3.8, 4) is 10.6 Å². The molecule has 0 unspecified atom stereocenters. The number of anilines is 1. The Bertz CT molecular complexity index is 1230. The van der Waals surface area contributed by atoms with Gasteiger partial charge in [-0.05, 0) is 36.4 Å². The molecule has 0 fully saturated rings. The summed E-state index contributed by atoms with van der Waals surface area (Å²) in [6.45, 7) is 0.274. The van der Waals surface area contributed by atoms with Gasteiger partial charge < -0.3 is 25.9 Å². The zero-order valence-electron chi connectivity index (χ0n) is 16.9. The predicted molar refractivity (Wildman–Crippen MR) is 123 cm³/mol. The highest BCUT2D eigenvalue weighted by Gasteiger charge is 2.25. The number of carboxylic acid groups (broad SMARTS) is 1. The second-order valence-corrected chi connectivity index (χ2v) is 10.5. The summed E-state index contributed by atoms with van der Waals surface area (Å²) in [5.41, 5.74) is 5.21. The minimum atomic E-state index is -4.00. The summed E-state index contributed by atoms with van der Waals surface area (Å²) < 4.78 is 33.2. The van der Waals surface area contributed by atoms with Crippen molar-refractivity contribution >= 4 is 56.2 Å². The maximum atomic E-state index is 12.8. The molecular formula is C18H20N6O6S3. The van der Waals surface area contributed by atoms with Crippen LogP contribution in [0.4, 0.5) is 5.69 Å². The molecule has 0 aliphatic carbocycles. The molecule has 3 aromatic rings. The molecule has 0 radical (unpaired) electrons. The van der Waals surface area contributed by atoms with Crippen LogP contribution in [-0.4, -0.2) is 48.9 Å². The molecule has 1 atom stereocenters. The van der Waals surface area contributed by atoms with Crippen molar-refractivity contribution in [1.82, 2.24) is 15.6 Å². The maximum absolute atomic E-state index is 12.8. The van der Waals surface area contributed by atoms with E-state index in [2.05, 4.69) is 20.3 Å². The number of hydrogen-bond acceptors (Lipinski definition) is 9. The van der Waals surface area contributed by atoms with Crippen LogP contribution in [0.3, 0.4) is 0 Å². The Morgan fingerprint density at radius 3 is 2.76 bits per heavy atom. The number of guanidine groups is 1. The quantitative estimate of drug-likeness (QED) is 0.126. The molecule has 3 aromatic heterocycles. The maximum Gasteiger partial charge on any atom is 0.326 e. The molecule has 33 heavy (non-hydrogen) atoms. The first-order valence-electron chi connectivity index (χ1n) is 9.38. The standard InChI is InChI=1S/C18H20N6O6S3/c19-18(20)22-6-1-2-11(17(26)27)23-16(25)15-10(5-7-31-15)24-33(28,29)14-4-3-13(32-14)12-8-21-9-30-12/h3-5,7-9,11,24H,1-2,6H2,(H,23,25)(H,26,27)(H4,19,20,22)/t11-/m0/s1. The Balaban J connectivity index is 1.68. The smallest absolute Gasteiger partial charge is 0.326 e. The van der Waals surface area contributed by atoms with Crippen molar-refractivity contribution in [3.05, 3.63) is 41.0 Å². The van der Waals surface area contributed by atoms with E-state index in [1.165, 1.54) is 30.1 Å². The van der Waals surface area contributed by atoms with Gasteiger partial charge in [0.15, 0.2) is 18.1 Å². The Hall–Kier alpha value is -3.43. The van der Waals surface area contributed by atoms with E-state index < -0.39 is 27.9 Å². The number of sulfonamides is 1. The van der Waals surface area contributed by atoms with Crippen LogP contribution in [-0.2, 0) is 14.8 Å². The number of rotatable bonds is 11. The normalized spacial score (nSPS) is 12.1. The minimum absolute atomic E-state index is 0.00726. The summed E-state index contributed by atoms with van der Waals surface area (Å²) in [6, 6.07) is 3.22. The van der Waals surface area contributed by atoms with E-state index in [0.717, 1.165) is 22.7 Å². The van der Waals surface area contributed by atoms with Gasteiger partial charge in [0.25, 0.3) is 15.9 Å². The Morgan fingerprint density at radius 2 is 2.09 bits per heavy atom. The molecule has 0 saturated carbocycles. The number of nitrogens with two attached hydrogens (primary N) is 1. The van der Waals surface area contributed by atoms with Crippen molar-refractivity contribution in [1.29, 1.82) is 5.41 Å². The number of nitrogens with one attached hydrogen (secondary N) is 4. The van der Waals surface area contributed by atoms with Gasteiger partial charge in [0.2, 0.25) is 0 Å². The van der Waals surface area contributed by atoms with Crippen LogP contribution >= 0.6 is 22.7 Å². The number of aromatic nitrogens is 1. The van der Waals surface area contributed by atoms with Crippen LogP contribution in [0.25, 0.3) is 10.6 Å². The summed E-state index contributed by atoms with van der Waals surface area (Å²) >= 11 is 1.95. The third-order valence-electron chi connectivity index (χ3n) is 4.23. The number of amides is 1. The first-order chi connectivity index (χ1) is 15.7. The van der Waals surface area contributed by atoms with Crippen molar-refractivity contribution in [2.24, 2.45) is 5.73 Å². The minimum Gasteiger partial charge on any atom is -0.480 e. The molecule has 1 amide bonds. The fourth-order valence-corrected chi connectivity index (χ4v) is 5.85. The third-order valence-corrected chi connectivity index (χ3v) is 8.10. The van der Waals surface area contributed by atoms with Gasteiger partial charge in [0.1, 0.15) is 15.1 Å². The number of aliphatic carboxylic acids is 1. The highest BCUT2D eigenvalue weighted by atomic mass is 32.2. The fourth-order valence-electron chi connectivity index (χ4n) is 2.71. The van der Waals surface area contributed by atoms with Crippen LogP contribution in [0.15, 0.2) is 44.8 Å². The zero-order valence-corrected chi connectivity index (χ0v) is 19.4. The monoisotopic (exact) mass is 512 g/mol. The first kappa shape index (κ1) is 24.2. The van der Waals surface area contributed by atoms with Gasteiger partial charge in [0, 0.05) is 6.54 Å². The topological polar surface area (TPSA) is 200 Å². The second kappa shape index (κ2) is 10.5. The van der Waals surface area contributed by atoms with Gasteiger partial charge >= 0.3 is 5.97 Å². The number of nitrogens with zero attached hydrogens (tertiary/aromatic N) is 1. The number of hydrogen-bond donors (Lipinski definition) is 6. The zero-order chi connectivity index (χ0) is 24.0. The van der Waals surface area contributed by atoms with Crippen LogP contribution in [0, 0.1) is 5.41 Å². The molecule has 12 nitrogen and oxygen atoms in total. The van der Waals surface area contributed by atoms with Gasteiger partial charge in [0.05, 0.1) is 16.8 Å². The van der Waals surface area contributed by atoms with Crippen LogP contribution in [0.2, 0.25) is 0 Å². The summed E-state index contributed by atoms with van der Waals surface area (Å²) in [7, 11) is -4.00. The lowest BCUT2D eigenvalue weighted by Gasteiger charge is -2.15. The Morgan fingerprint density at radius 1 is 1.30 bits per heavy atom. The van der Waals surface area contributed by atoms with E-state index in [9.17, 15) is 23.1 Å². The van der Waals surface area contributed by atoms with Crippen LogP contribution in [0.5, 0.6) is 0 Å². The molecule has 176 valence electrons. The first-order valence-corrected chi connectivity index (χ1v) is 12.6. The second-order valence-electron chi connectivity index (χ2n) is 6.60. The number of oxazole rings is 1. The van der Waals surface area contributed by atoms with Crippen molar-refractivity contribution in [3.63, 3.8) is 0 Å². The summed E-state index contributed by atoms with van der Waals surface area (Å²) in [5, 5.41) is 23.0. The van der Waals surface area contributed by atoms with Gasteiger partial charge in [-0.1, -0.05) is 0 Å². The van der Waals surface area contributed by atoms with Crippen molar-refractivity contribution in [2.75, 3.05) is 11.3 Å². The number of carbonyl (C=O) groups is 2. The largest absolute Gasteiger partial charge is 0.480 e. The van der Waals surface area contributed by atoms with Gasteiger partial charge in [-0.3, -0.25) is 14.9 Å². The molecule has 3 rings (SSSR count). The van der Waals surface area contributed by atoms with Gasteiger partial charge in [-0.25, -0.2) is 18.2 Å². The predicted octanol–water partition coefficient (Wildman–Crippen LogP) is 1.71. The Labute approximate surface area is 196 Å². The highest BCUT2D eigenvalue weighted by Crippen LogP contribution is 2.32. The van der Waals surface area contributed by atoms with Gasteiger partial charge in [-0.15, -0.1) is 22.7 Å². The molecule has 0 bridgehead atoms. The van der Waals surface area contributed by atoms with Crippen molar-refractivity contribution in [2.45, 2.75) is 23.1 Å². The van der Waals surface area contributed by atoms with Gasteiger partial charge in [-0.2, -0.15) is 0 Å². The lowest BCUT2D eigenvalue weighted by molar-refractivity contribution is -0.139. The average molecular weight is 513 g/mol. The Kier molecular flexibility index (Phi) is 7.67. The average Bonchev–Trinajstić information content (AvgIpc) is 3.50. The number of thiophene rings is 2. The summed E-state index contributed by atoms with van der Waals surface area (Å²) in [5.74, 6) is -1.76. The molecule has 15 heteroatoms. The van der Waals surface area contributed by atoms with Crippen molar-refractivity contribution < 1.29 is 27.5 Å². The molecule has 0 aliphatic rings. The SMILES string of the molecule is N=C(N)NCCC[C@H](NC(=O)c1sccc1NS(=O)(=O)c1ccc(-c2cnco2)s1)C(=O)O. The lowest BCUT2D eigenvalue weighted by atomic mass is 10.1.